The van der Waals surface area contributed by atoms with E-state index in [-0.39, 0.29) is 22.0 Å². The van der Waals surface area contributed by atoms with Crippen LogP contribution >= 0.6 is 15.9 Å². The Labute approximate surface area is 153 Å². The molecule has 0 spiro atoms. The number of hydrogen-bond acceptors (Lipinski definition) is 5. The van der Waals surface area contributed by atoms with Crippen LogP contribution < -0.4 is 4.74 Å². The first-order chi connectivity index (χ1) is 12.0. The van der Waals surface area contributed by atoms with Gasteiger partial charge in [0.2, 0.25) is 5.76 Å². The molecule has 0 bridgehead atoms. The fourth-order valence-electron chi connectivity index (χ4n) is 2.20. The van der Waals surface area contributed by atoms with Crippen LogP contribution in [-0.2, 0) is 15.6 Å². The predicted molar refractivity (Wildman–Crippen MR) is 95.1 cm³/mol. The third-order valence-corrected chi connectivity index (χ3v) is 5.61. The Hall–Kier alpha value is -2.38. The first-order valence-electron chi connectivity index (χ1n) is 7.27. The maximum absolute atomic E-state index is 12.5. The zero-order chi connectivity index (χ0) is 17.9. The first kappa shape index (κ1) is 17.4. The van der Waals surface area contributed by atoms with Gasteiger partial charge in [0.25, 0.3) is 0 Å². The lowest BCUT2D eigenvalue weighted by Gasteiger charge is -2.06. The fourth-order valence-corrected chi connectivity index (χ4v) is 3.84. The minimum atomic E-state index is -3.59. The number of carbonyl (C=O) groups is 1. The van der Waals surface area contributed by atoms with E-state index < -0.39 is 15.8 Å². The molecular formula is C18H13BrO5S. The number of carbonyl (C=O) groups excluding carboxylic acids is 1. The number of ether oxygens (including phenoxy) is 1. The van der Waals surface area contributed by atoms with Gasteiger partial charge in [-0.2, -0.15) is 0 Å². The van der Waals surface area contributed by atoms with Gasteiger partial charge in [0.05, 0.1) is 16.9 Å². The molecule has 5 nitrogen and oxygen atoms in total. The van der Waals surface area contributed by atoms with Gasteiger partial charge in [0, 0.05) is 10.0 Å². The summed E-state index contributed by atoms with van der Waals surface area (Å²) in [7, 11) is -3.59. The van der Waals surface area contributed by atoms with Crippen molar-refractivity contribution in [2.75, 3.05) is 0 Å². The van der Waals surface area contributed by atoms with Crippen LogP contribution in [0.5, 0.6) is 5.75 Å². The van der Waals surface area contributed by atoms with E-state index in [2.05, 4.69) is 15.9 Å². The highest BCUT2D eigenvalue weighted by molar-refractivity contribution is 9.10. The minimum Gasteiger partial charge on any atom is -0.457 e. The minimum absolute atomic E-state index is 0.123. The van der Waals surface area contributed by atoms with E-state index in [1.807, 2.05) is 0 Å². The molecule has 3 aromatic rings. The molecule has 3 rings (SSSR count). The van der Waals surface area contributed by atoms with E-state index in [0.29, 0.717) is 5.75 Å². The van der Waals surface area contributed by atoms with Crippen molar-refractivity contribution in [3.8, 4) is 5.75 Å². The molecule has 0 saturated carbocycles. The SMILES string of the molecule is O=C(Oc1ccc(Br)cc1)c1occc1CS(=O)(=O)c1ccccc1. The molecule has 0 aliphatic carbocycles. The maximum atomic E-state index is 12.5. The van der Waals surface area contributed by atoms with E-state index in [0.717, 1.165) is 4.47 Å². The lowest BCUT2D eigenvalue weighted by atomic mass is 10.3. The van der Waals surface area contributed by atoms with Gasteiger partial charge in [0.1, 0.15) is 5.75 Å². The Kier molecular flexibility index (Phi) is 5.06. The highest BCUT2D eigenvalue weighted by Crippen LogP contribution is 2.22. The van der Waals surface area contributed by atoms with Gasteiger partial charge in [-0.1, -0.05) is 34.1 Å². The van der Waals surface area contributed by atoms with Crippen LogP contribution in [0.2, 0.25) is 0 Å². The zero-order valence-electron chi connectivity index (χ0n) is 12.9. The largest absolute Gasteiger partial charge is 0.457 e. The molecule has 1 aromatic heterocycles. The van der Waals surface area contributed by atoms with Crippen LogP contribution in [0.4, 0.5) is 0 Å². The number of esters is 1. The molecular weight excluding hydrogens is 408 g/mol. The van der Waals surface area contributed by atoms with Gasteiger partial charge < -0.3 is 9.15 Å². The number of hydrogen-bond donors (Lipinski definition) is 0. The molecule has 0 fully saturated rings. The predicted octanol–water partition coefficient (Wildman–Crippen LogP) is 4.24. The summed E-state index contributed by atoms with van der Waals surface area (Å²) in [5, 5.41) is 0. The second-order valence-electron chi connectivity index (χ2n) is 5.19. The Morgan fingerprint density at radius 3 is 2.36 bits per heavy atom. The first-order valence-corrected chi connectivity index (χ1v) is 9.72. The van der Waals surface area contributed by atoms with Crippen molar-refractivity contribution in [1.29, 1.82) is 0 Å². The van der Waals surface area contributed by atoms with Gasteiger partial charge in [-0.15, -0.1) is 0 Å². The summed E-state index contributed by atoms with van der Waals surface area (Å²) in [5.41, 5.74) is 0.256. The second-order valence-corrected chi connectivity index (χ2v) is 8.10. The molecule has 25 heavy (non-hydrogen) atoms. The third kappa shape index (κ3) is 4.18. The summed E-state index contributed by atoms with van der Waals surface area (Å²) >= 11 is 3.29. The lowest BCUT2D eigenvalue weighted by Crippen LogP contribution is -2.12. The number of sulfone groups is 1. The molecule has 1 heterocycles. The average Bonchev–Trinajstić information content (AvgIpc) is 3.05. The Bertz CT molecular complexity index is 976. The van der Waals surface area contributed by atoms with Crippen molar-refractivity contribution in [1.82, 2.24) is 0 Å². The second kappa shape index (κ2) is 7.25. The Morgan fingerprint density at radius 2 is 1.68 bits per heavy atom. The van der Waals surface area contributed by atoms with Gasteiger partial charge in [-0.3, -0.25) is 0 Å². The fraction of sp³-hybridized carbons (Fsp3) is 0.0556. The van der Waals surface area contributed by atoms with Crippen LogP contribution in [0.3, 0.4) is 0 Å². The van der Waals surface area contributed by atoms with Crippen LogP contribution in [0, 0.1) is 0 Å². The molecule has 0 amide bonds. The molecule has 128 valence electrons. The summed E-state index contributed by atoms with van der Waals surface area (Å²) in [6, 6.07) is 16.2. The molecule has 0 unspecified atom stereocenters. The van der Waals surface area contributed by atoms with E-state index in [1.54, 1.807) is 42.5 Å². The standard InChI is InChI=1S/C18H13BrO5S/c19-14-6-8-15(9-7-14)24-18(20)17-13(10-11-23-17)12-25(21,22)16-4-2-1-3-5-16/h1-11H,12H2. The monoisotopic (exact) mass is 420 g/mol. The Balaban J connectivity index is 1.80. The lowest BCUT2D eigenvalue weighted by molar-refractivity contribution is 0.0700. The number of rotatable bonds is 5. The van der Waals surface area contributed by atoms with E-state index in [1.165, 1.54) is 24.5 Å². The maximum Gasteiger partial charge on any atom is 0.379 e. The summed E-state index contributed by atoms with van der Waals surface area (Å²) in [6.45, 7) is 0. The quantitative estimate of drug-likeness (QED) is 0.455. The van der Waals surface area contributed by atoms with Crippen molar-refractivity contribution in [3.05, 3.63) is 82.7 Å². The molecule has 0 radical (unpaired) electrons. The number of halogens is 1. The average molecular weight is 421 g/mol. The van der Waals surface area contributed by atoms with Crippen LogP contribution in [0.25, 0.3) is 0 Å². The van der Waals surface area contributed by atoms with Crippen molar-refractivity contribution in [2.24, 2.45) is 0 Å². The molecule has 7 heteroatoms. The van der Waals surface area contributed by atoms with Crippen molar-refractivity contribution >= 4 is 31.7 Å². The van der Waals surface area contributed by atoms with Crippen LogP contribution in [0.15, 0.2) is 80.7 Å². The van der Waals surface area contributed by atoms with Gasteiger partial charge in [-0.25, -0.2) is 13.2 Å². The smallest absolute Gasteiger partial charge is 0.379 e. The highest BCUT2D eigenvalue weighted by atomic mass is 79.9. The van der Waals surface area contributed by atoms with Crippen LogP contribution in [-0.4, -0.2) is 14.4 Å². The van der Waals surface area contributed by atoms with Crippen molar-refractivity contribution in [2.45, 2.75) is 10.6 Å². The van der Waals surface area contributed by atoms with E-state index >= 15 is 0 Å². The third-order valence-electron chi connectivity index (χ3n) is 3.40. The summed E-state index contributed by atoms with van der Waals surface area (Å²) in [6.07, 6.45) is 1.27. The van der Waals surface area contributed by atoms with Gasteiger partial charge in [0.15, 0.2) is 9.84 Å². The molecule has 0 aliphatic rings. The highest BCUT2D eigenvalue weighted by Gasteiger charge is 2.23. The van der Waals surface area contributed by atoms with Gasteiger partial charge >= 0.3 is 5.97 Å². The summed E-state index contributed by atoms with van der Waals surface area (Å²) in [4.78, 5) is 12.5. The van der Waals surface area contributed by atoms with Crippen molar-refractivity contribution in [3.63, 3.8) is 0 Å². The molecule has 0 aliphatic heterocycles. The molecule has 0 saturated heterocycles. The number of benzene rings is 2. The Morgan fingerprint density at radius 1 is 1.00 bits per heavy atom. The molecule has 0 N–H and O–H groups in total. The zero-order valence-corrected chi connectivity index (χ0v) is 15.3. The number of furan rings is 1. The normalized spacial score (nSPS) is 11.2. The summed E-state index contributed by atoms with van der Waals surface area (Å²) < 4.78 is 36.2. The topological polar surface area (TPSA) is 73.6 Å². The van der Waals surface area contributed by atoms with Crippen LogP contribution in [0.1, 0.15) is 16.1 Å². The van der Waals surface area contributed by atoms with E-state index in [9.17, 15) is 13.2 Å². The van der Waals surface area contributed by atoms with Gasteiger partial charge in [-0.05, 0) is 42.5 Å². The van der Waals surface area contributed by atoms with E-state index in [4.69, 9.17) is 9.15 Å². The molecule has 0 atom stereocenters. The summed E-state index contributed by atoms with van der Waals surface area (Å²) in [5.74, 6) is -0.882. The molecule has 2 aromatic carbocycles. The van der Waals surface area contributed by atoms with Crippen molar-refractivity contribution < 1.29 is 22.4 Å².